The standard InChI is InChI=1S/C12H10ClNO3S/c13-8-1-2-11(10(5-8)12(15)16)17-4-3-9-6-18-7-14-9/h1-2,5-7H,3-4H2,(H,15,16). The molecule has 0 aliphatic carbocycles. The summed E-state index contributed by atoms with van der Waals surface area (Å²) in [5.41, 5.74) is 2.76. The van der Waals surface area contributed by atoms with Crippen LogP contribution in [0.25, 0.3) is 0 Å². The first-order chi connectivity index (χ1) is 8.66. The number of aromatic carboxylic acids is 1. The van der Waals surface area contributed by atoms with Gasteiger partial charge in [0, 0.05) is 16.8 Å². The number of halogens is 1. The van der Waals surface area contributed by atoms with Crippen molar-refractivity contribution in [1.29, 1.82) is 0 Å². The average molecular weight is 284 g/mol. The zero-order valence-electron chi connectivity index (χ0n) is 9.30. The molecule has 18 heavy (non-hydrogen) atoms. The fraction of sp³-hybridized carbons (Fsp3) is 0.167. The van der Waals surface area contributed by atoms with E-state index in [-0.39, 0.29) is 5.56 Å². The summed E-state index contributed by atoms with van der Waals surface area (Å²) in [6, 6.07) is 4.54. The summed E-state index contributed by atoms with van der Waals surface area (Å²) in [7, 11) is 0. The summed E-state index contributed by atoms with van der Waals surface area (Å²) in [4.78, 5) is 15.1. The van der Waals surface area contributed by atoms with Crippen molar-refractivity contribution in [3.63, 3.8) is 0 Å². The molecule has 2 aromatic rings. The molecule has 0 saturated heterocycles. The van der Waals surface area contributed by atoms with E-state index in [1.165, 1.54) is 17.4 Å². The lowest BCUT2D eigenvalue weighted by atomic mass is 10.2. The number of ether oxygens (including phenoxy) is 1. The molecule has 0 fully saturated rings. The number of carboxylic acid groups (broad SMARTS) is 1. The van der Waals surface area contributed by atoms with E-state index in [9.17, 15) is 4.79 Å². The highest BCUT2D eigenvalue weighted by Gasteiger charge is 2.11. The second-order valence-corrected chi connectivity index (χ2v) is 4.68. The molecule has 0 radical (unpaired) electrons. The third-order valence-electron chi connectivity index (χ3n) is 2.27. The number of carboxylic acids is 1. The normalized spacial score (nSPS) is 10.3. The molecule has 4 nitrogen and oxygen atoms in total. The van der Waals surface area contributed by atoms with Crippen molar-refractivity contribution in [3.05, 3.63) is 45.4 Å². The monoisotopic (exact) mass is 283 g/mol. The van der Waals surface area contributed by atoms with Crippen molar-refractivity contribution in [2.75, 3.05) is 6.61 Å². The molecule has 0 amide bonds. The quantitative estimate of drug-likeness (QED) is 0.916. The van der Waals surface area contributed by atoms with E-state index in [0.717, 1.165) is 5.69 Å². The van der Waals surface area contributed by atoms with Crippen LogP contribution in [0.15, 0.2) is 29.1 Å². The number of carbonyl (C=O) groups is 1. The first-order valence-electron chi connectivity index (χ1n) is 5.19. The van der Waals surface area contributed by atoms with Crippen molar-refractivity contribution in [1.82, 2.24) is 4.98 Å². The third-order valence-corrected chi connectivity index (χ3v) is 3.14. The van der Waals surface area contributed by atoms with Crippen molar-refractivity contribution in [2.45, 2.75) is 6.42 Å². The molecule has 1 aromatic carbocycles. The van der Waals surface area contributed by atoms with Crippen LogP contribution in [0.5, 0.6) is 5.75 Å². The molecule has 0 spiro atoms. The highest BCUT2D eigenvalue weighted by molar-refractivity contribution is 7.07. The lowest BCUT2D eigenvalue weighted by Crippen LogP contribution is -2.06. The number of benzene rings is 1. The summed E-state index contributed by atoms with van der Waals surface area (Å²) in [6.07, 6.45) is 0.644. The number of nitrogens with zero attached hydrogens (tertiary/aromatic N) is 1. The fourth-order valence-electron chi connectivity index (χ4n) is 1.42. The molecule has 1 heterocycles. The Morgan fingerprint density at radius 2 is 2.33 bits per heavy atom. The van der Waals surface area contributed by atoms with Crippen molar-refractivity contribution >= 4 is 28.9 Å². The maximum atomic E-state index is 11.0. The first kappa shape index (κ1) is 12.9. The molecule has 1 aromatic heterocycles. The SMILES string of the molecule is O=C(O)c1cc(Cl)ccc1OCCc1cscn1. The molecule has 6 heteroatoms. The highest BCUT2D eigenvalue weighted by atomic mass is 35.5. The predicted octanol–water partition coefficient (Wildman–Crippen LogP) is 3.12. The third kappa shape index (κ3) is 3.21. The summed E-state index contributed by atoms with van der Waals surface area (Å²) in [5, 5.41) is 11.3. The van der Waals surface area contributed by atoms with Gasteiger partial charge < -0.3 is 9.84 Å². The summed E-state index contributed by atoms with van der Waals surface area (Å²) < 4.78 is 5.45. The van der Waals surface area contributed by atoms with Gasteiger partial charge in [0.2, 0.25) is 0 Å². The number of hydrogen-bond acceptors (Lipinski definition) is 4. The van der Waals surface area contributed by atoms with Crippen LogP contribution in [0.4, 0.5) is 0 Å². The molecule has 0 saturated carbocycles. The van der Waals surface area contributed by atoms with E-state index < -0.39 is 5.97 Å². The average Bonchev–Trinajstić information content (AvgIpc) is 2.84. The van der Waals surface area contributed by atoms with E-state index in [1.807, 2.05) is 5.38 Å². The van der Waals surface area contributed by atoms with Crippen molar-refractivity contribution in [3.8, 4) is 5.75 Å². The zero-order valence-corrected chi connectivity index (χ0v) is 10.9. The Hall–Kier alpha value is -1.59. The van der Waals surface area contributed by atoms with Gasteiger partial charge in [-0.3, -0.25) is 0 Å². The van der Waals surface area contributed by atoms with Gasteiger partial charge in [0.15, 0.2) is 0 Å². The van der Waals surface area contributed by atoms with Gasteiger partial charge in [0.05, 0.1) is 17.8 Å². The van der Waals surface area contributed by atoms with Crippen molar-refractivity contribution in [2.24, 2.45) is 0 Å². The Labute approximate surface area is 113 Å². The van der Waals surface area contributed by atoms with E-state index in [2.05, 4.69) is 4.98 Å². The summed E-state index contributed by atoms with van der Waals surface area (Å²) in [6.45, 7) is 0.381. The Morgan fingerprint density at radius 1 is 1.50 bits per heavy atom. The first-order valence-corrected chi connectivity index (χ1v) is 6.51. The van der Waals surface area contributed by atoms with Crippen LogP contribution < -0.4 is 4.74 Å². The van der Waals surface area contributed by atoms with Gasteiger partial charge in [0.25, 0.3) is 0 Å². The number of thiazole rings is 1. The molecule has 0 atom stereocenters. The van der Waals surface area contributed by atoms with Gasteiger partial charge >= 0.3 is 5.97 Å². The van der Waals surface area contributed by atoms with Gasteiger partial charge in [0.1, 0.15) is 11.3 Å². The van der Waals surface area contributed by atoms with Crippen LogP contribution in [0.1, 0.15) is 16.1 Å². The Balaban J connectivity index is 2.02. The number of aromatic nitrogens is 1. The van der Waals surface area contributed by atoms with Crippen LogP contribution in [0.2, 0.25) is 5.02 Å². The summed E-state index contributed by atoms with van der Waals surface area (Å²) >= 11 is 7.27. The van der Waals surface area contributed by atoms with Gasteiger partial charge in [-0.05, 0) is 18.2 Å². The molecule has 0 aliphatic rings. The maximum absolute atomic E-state index is 11.0. The largest absolute Gasteiger partial charge is 0.492 e. The van der Waals surface area contributed by atoms with Gasteiger partial charge in [-0.15, -0.1) is 11.3 Å². The second-order valence-electron chi connectivity index (χ2n) is 3.52. The van der Waals surface area contributed by atoms with Crippen LogP contribution in [-0.2, 0) is 6.42 Å². The molecule has 94 valence electrons. The Morgan fingerprint density at radius 3 is 3.00 bits per heavy atom. The zero-order chi connectivity index (χ0) is 13.0. The lowest BCUT2D eigenvalue weighted by molar-refractivity contribution is 0.0692. The van der Waals surface area contributed by atoms with E-state index >= 15 is 0 Å². The molecule has 0 bridgehead atoms. The molecular formula is C12H10ClNO3S. The fourth-order valence-corrected chi connectivity index (χ4v) is 2.19. The van der Waals surface area contributed by atoms with E-state index in [4.69, 9.17) is 21.4 Å². The molecule has 2 rings (SSSR count). The van der Waals surface area contributed by atoms with E-state index in [1.54, 1.807) is 17.6 Å². The topological polar surface area (TPSA) is 59.4 Å². The molecule has 0 aliphatic heterocycles. The lowest BCUT2D eigenvalue weighted by Gasteiger charge is -2.08. The summed E-state index contributed by atoms with van der Waals surface area (Å²) in [5.74, 6) is -0.733. The van der Waals surface area contributed by atoms with Gasteiger partial charge in [-0.2, -0.15) is 0 Å². The smallest absolute Gasteiger partial charge is 0.339 e. The number of rotatable bonds is 5. The van der Waals surface area contributed by atoms with Gasteiger partial charge in [-0.25, -0.2) is 9.78 Å². The van der Waals surface area contributed by atoms with Crippen LogP contribution in [0.3, 0.4) is 0 Å². The van der Waals surface area contributed by atoms with Crippen LogP contribution in [-0.4, -0.2) is 22.7 Å². The Bertz CT molecular complexity index is 542. The minimum atomic E-state index is -1.05. The number of hydrogen-bond donors (Lipinski definition) is 1. The molecule has 1 N–H and O–H groups in total. The predicted molar refractivity (Wildman–Crippen MR) is 69.7 cm³/mol. The Kier molecular flexibility index (Phi) is 4.17. The van der Waals surface area contributed by atoms with Crippen LogP contribution in [0, 0.1) is 0 Å². The minimum Gasteiger partial charge on any atom is -0.492 e. The van der Waals surface area contributed by atoms with Crippen molar-refractivity contribution < 1.29 is 14.6 Å². The maximum Gasteiger partial charge on any atom is 0.339 e. The highest BCUT2D eigenvalue weighted by Crippen LogP contribution is 2.23. The van der Waals surface area contributed by atoms with E-state index in [0.29, 0.717) is 23.8 Å². The minimum absolute atomic E-state index is 0.0702. The second kappa shape index (κ2) is 5.84. The molecular weight excluding hydrogens is 274 g/mol. The molecule has 0 unspecified atom stereocenters. The van der Waals surface area contributed by atoms with Crippen LogP contribution >= 0.6 is 22.9 Å². The van der Waals surface area contributed by atoms with Gasteiger partial charge in [-0.1, -0.05) is 11.6 Å².